The summed E-state index contributed by atoms with van der Waals surface area (Å²) < 4.78 is 33.5. The first kappa shape index (κ1) is 30.8. The molecule has 0 saturated carbocycles. The molecule has 40 heavy (non-hydrogen) atoms. The molecule has 9 nitrogen and oxygen atoms in total. The number of rotatable bonds is 11. The van der Waals surface area contributed by atoms with Crippen LogP contribution in [0.1, 0.15) is 49.7 Å². The number of hydrogen-bond donors (Lipinski definition) is 2. The highest BCUT2D eigenvalue weighted by molar-refractivity contribution is 7.92. The van der Waals surface area contributed by atoms with Gasteiger partial charge in [-0.25, -0.2) is 22.7 Å². The average molecular weight is 586 g/mol. The lowest BCUT2D eigenvalue weighted by Gasteiger charge is -2.29. The van der Waals surface area contributed by atoms with Crippen molar-refractivity contribution >= 4 is 39.3 Å². The summed E-state index contributed by atoms with van der Waals surface area (Å²) in [5.74, 6) is -0.543. The number of benzene rings is 2. The molecule has 0 aliphatic rings. The predicted octanol–water partition coefficient (Wildman–Crippen LogP) is 4.88. The van der Waals surface area contributed by atoms with Gasteiger partial charge in [-0.05, 0) is 42.0 Å². The number of sulfonamides is 1. The maximum absolute atomic E-state index is 13.2. The highest BCUT2D eigenvalue weighted by atomic mass is 32.2. The Morgan fingerprint density at radius 1 is 1.02 bits per heavy atom. The fraction of sp³-hybridized carbons (Fsp3) is 0.345. The lowest BCUT2D eigenvalue weighted by Crippen LogP contribution is -2.39. The van der Waals surface area contributed by atoms with Gasteiger partial charge in [0, 0.05) is 30.5 Å². The van der Waals surface area contributed by atoms with Crippen molar-refractivity contribution in [1.82, 2.24) is 14.9 Å². The lowest BCUT2D eigenvalue weighted by atomic mass is 10.0. The van der Waals surface area contributed by atoms with Crippen molar-refractivity contribution in [2.45, 2.75) is 50.9 Å². The third-order valence-corrected chi connectivity index (χ3v) is 9.06. The third kappa shape index (κ3) is 7.70. The van der Waals surface area contributed by atoms with Gasteiger partial charge in [0.1, 0.15) is 4.21 Å². The van der Waals surface area contributed by atoms with Crippen LogP contribution in [0.5, 0.6) is 0 Å². The first-order valence-electron chi connectivity index (χ1n) is 12.9. The van der Waals surface area contributed by atoms with Crippen molar-refractivity contribution < 1.29 is 27.5 Å². The molecular formula is C29H35N3O6S2. The monoisotopic (exact) mass is 585 g/mol. The van der Waals surface area contributed by atoms with Crippen LogP contribution in [-0.2, 0) is 37.3 Å². The molecule has 2 aromatic carbocycles. The highest BCUT2D eigenvalue weighted by Gasteiger charge is 2.31. The van der Waals surface area contributed by atoms with Crippen LogP contribution in [0, 0.1) is 5.92 Å². The molecule has 2 N–H and O–H groups in total. The Morgan fingerprint density at radius 3 is 2.23 bits per heavy atom. The zero-order chi connectivity index (χ0) is 29.4. The largest absolute Gasteiger partial charge is 0.467 e. The molecule has 1 aromatic heterocycles. The summed E-state index contributed by atoms with van der Waals surface area (Å²) in [4.78, 5) is 39.7. The second kappa shape index (κ2) is 13.6. The first-order chi connectivity index (χ1) is 19.0. The van der Waals surface area contributed by atoms with Crippen LogP contribution >= 0.6 is 11.3 Å². The lowest BCUT2D eigenvalue weighted by molar-refractivity contribution is -0.153. The second-order valence-corrected chi connectivity index (χ2v) is 12.7. The number of nitrogens with one attached hydrogen (secondary N) is 2. The number of urea groups is 1. The minimum Gasteiger partial charge on any atom is -0.467 e. The summed E-state index contributed by atoms with van der Waals surface area (Å²) >= 11 is 1.14. The number of carbonyl (C=O) groups is 3. The first-order valence-corrected chi connectivity index (χ1v) is 15.2. The summed E-state index contributed by atoms with van der Waals surface area (Å²) in [5, 5.41) is 2.45. The zero-order valence-corrected chi connectivity index (χ0v) is 24.9. The molecule has 0 saturated heterocycles. The Kier molecular flexibility index (Phi) is 10.5. The van der Waals surface area contributed by atoms with E-state index in [2.05, 4.69) is 10.0 Å². The van der Waals surface area contributed by atoms with E-state index in [9.17, 15) is 22.8 Å². The topological polar surface area (TPSA) is 122 Å². The van der Waals surface area contributed by atoms with Crippen molar-refractivity contribution in [2.24, 2.45) is 5.92 Å². The fourth-order valence-electron chi connectivity index (χ4n) is 4.25. The van der Waals surface area contributed by atoms with E-state index >= 15 is 0 Å². The Balaban J connectivity index is 1.96. The van der Waals surface area contributed by atoms with Crippen LogP contribution in [0.25, 0.3) is 11.1 Å². The van der Waals surface area contributed by atoms with Gasteiger partial charge >= 0.3 is 12.0 Å². The number of thiophene rings is 1. The van der Waals surface area contributed by atoms with Gasteiger partial charge < -0.3 is 15.0 Å². The molecule has 214 valence electrons. The smallest absolute Gasteiger partial charge is 0.333 e. The van der Waals surface area contributed by atoms with Crippen molar-refractivity contribution in [3.63, 3.8) is 0 Å². The van der Waals surface area contributed by atoms with E-state index in [1.165, 1.54) is 18.9 Å². The van der Waals surface area contributed by atoms with Gasteiger partial charge in [0.05, 0.1) is 7.11 Å². The van der Waals surface area contributed by atoms with Crippen LogP contribution in [0.4, 0.5) is 4.79 Å². The summed E-state index contributed by atoms with van der Waals surface area (Å²) in [6.45, 7) is 7.62. The number of amides is 3. The number of ether oxygens (including phenoxy) is 1. The zero-order valence-electron chi connectivity index (χ0n) is 23.3. The van der Waals surface area contributed by atoms with E-state index in [1.807, 2.05) is 26.0 Å². The number of methoxy groups -OCH3 is 1. The SMILES string of the molecule is CCNC(=O)NS(=O)(=O)c1sc(CC(C)C)cc1-c1ccc(CN(C(C)=O)C(C(=O)OC)c2ccccc2)cc1. The van der Waals surface area contributed by atoms with Gasteiger partial charge in [-0.1, -0.05) is 68.4 Å². The molecule has 0 spiro atoms. The Bertz CT molecular complexity index is 1430. The molecule has 3 aromatic rings. The second-order valence-electron chi connectivity index (χ2n) is 9.66. The molecule has 1 unspecified atom stereocenters. The summed E-state index contributed by atoms with van der Waals surface area (Å²) in [6, 6.07) is 16.2. The standard InChI is InChI=1S/C29H35N3O6S2/c1-6-30-29(35)31-40(36,37)28-25(17-24(39-28)16-19(2)3)22-14-12-21(13-15-22)18-32(20(4)33)26(27(34)38-5)23-10-8-7-9-11-23/h7-15,17,19,26H,6,16,18H2,1-5H3,(H2,30,31,35). The van der Waals surface area contributed by atoms with Crippen molar-refractivity contribution in [1.29, 1.82) is 0 Å². The fourth-order valence-corrected chi connectivity index (χ4v) is 7.13. The number of esters is 1. The van der Waals surface area contributed by atoms with Crippen LogP contribution in [0.2, 0.25) is 0 Å². The third-order valence-electron chi connectivity index (χ3n) is 6.04. The van der Waals surface area contributed by atoms with Gasteiger partial charge in [0.2, 0.25) is 5.91 Å². The average Bonchev–Trinajstić information content (AvgIpc) is 3.33. The Labute approximate surface area is 239 Å². The minimum atomic E-state index is -4.12. The summed E-state index contributed by atoms with van der Waals surface area (Å²) in [6.07, 6.45) is 0.689. The van der Waals surface area contributed by atoms with Gasteiger partial charge in [0.25, 0.3) is 10.0 Å². The summed E-state index contributed by atoms with van der Waals surface area (Å²) in [5.41, 5.74) is 2.51. The molecule has 0 bridgehead atoms. The van der Waals surface area contributed by atoms with E-state index in [0.29, 0.717) is 29.0 Å². The van der Waals surface area contributed by atoms with E-state index in [1.54, 1.807) is 55.5 Å². The molecular weight excluding hydrogens is 550 g/mol. The molecule has 0 radical (unpaired) electrons. The molecule has 0 aliphatic heterocycles. The molecule has 1 heterocycles. The van der Waals surface area contributed by atoms with E-state index in [4.69, 9.17) is 4.74 Å². The van der Waals surface area contributed by atoms with Crippen LogP contribution in [-0.4, -0.2) is 44.9 Å². The number of hydrogen-bond acceptors (Lipinski definition) is 7. The van der Waals surface area contributed by atoms with E-state index < -0.39 is 28.1 Å². The van der Waals surface area contributed by atoms with Crippen molar-refractivity contribution in [2.75, 3.05) is 13.7 Å². The number of carbonyl (C=O) groups excluding carboxylic acids is 3. The molecule has 0 fully saturated rings. The molecule has 1 atom stereocenters. The van der Waals surface area contributed by atoms with Crippen LogP contribution < -0.4 is 10.0 Å². The summed E-state index contributed by atoms with van der Waals surface area (Å²) in [7, 11) is -2.83. The highest BCUT2D eigenvalue weighted by Crippen LogP contribution is 2.36. The van der Waals surface area contributed by atoms with Gasteiger partial charge in [-0.2, -0.15) is 0 Å². The van der Waals surface area contributed by atoms with Gasteiger partial charge in [-0.15, -0.1) is 11.3 Å². The minimum absolute atomic E-state index is 0.0577. The predicted molar refractivity (Wildman–Crippen MR) is 155 cm³/mol. The maximum Gasteiger partial charge on any atom is 0.333 e. The number of nitrogens with zero attached hydrogens (tertiary/aromatic N) is 1. The Hall–Kier alpha value is -3.70. The maximum atomic E-state index is 13.2. The molecule has 3 amide bonds. The van der Waals surface area contributed by atoms with E-state index in [0.717, 1.165) is 21.8 Å². The van der Waals surface area contributed by atoms with E-state index in [-0.39, 0.29) is 23.2 Å². The van der Waals surface area contributed by atoms with Gasteiger partial charge in [-0.3, -0.25) is 4.79 Å². The van der Waals surface area contributed by atoms with Gasteiger partial charge in [0.15, 0.2) is 6.04 Å². The Morgan fingerprint density at radius 2 is 1.68 bits per heavy atom. The molecule has 11 heteroatoms. The van der Waals surface area contributed by atoms with Crippen molar-refractivity contribution in [3.8, 4) is 11.1 Å². The molecule has 3 rings (SSSR count). The normalized spacial score (nSPS) is 12.1. The quantitative estimate of drug-likeness (QED) is 0.309. The van der Waals surface area contributed by atoms with Crippen LogP contribution in [0.3, 0.4) is 0 Å². The van der Waals surface area contributed by atoms with Crippen LogP contribution in [0.15, 0.2) is 64.9 Å². The molecule has 0 aliphatic carbocycles. The van der Waals surface area contributed by atoms with Crippen molar-refractivity contribution in [3.05, 3.63) is 76.7 Å².